The van der Waals surface area contributed by atoms with Gasteiger partial charge in [-0.3, -0.25) is 10.0 Å². The number of aliphatic hydroxyl groups is 1. The second-order valence-corrected chi connectivity index (χ2v) is 9.08. The van der Waals surface area contributed by atoms with Crippen molar-refractivity contribution in [3.63, 3.8) is 0 Å². The van der Waals surface area contributed by atoms with Crippen LogP contribution in [0.4, 0.5) is 4.39 Å². The third kappa shape index (κ3) is 3.85. The van der Waals surface area contributed by atoms with Crippen molar-refractivity contribution < 1.29 is 32.7 Å². The van der Waals surface area contributed by atoms with Gasteiger partial charge in [0.1, 0.15) is 11.1 Å². The van der Waals surface area contributed by atoms with Crippen molar-refractivity contribution >= 4 is 15.9 Å². The predicted molar refractivity (Wildman–Crippen MR) is 93.0 cm³/mol. The topological polar surface area (TPSA) is 116 Å². The Labute approximate surface area is 156 Å². The Morgan fingerprint density at radius 1 is 1.30 bits per heavy atom. The third-order valence-corrected chi connectivity index (χ3v) is 7.80. The van der Waals surface area contributed by atoms with Gasteiger partial charge in [0.15, 0.2) is 5.60 Å². The summed E-state index contributed by atoms with van der Waals surface area (Å²) in [6, 6.07) is 6.27. The summed E-state index contributed by atoms with van der Waals surface area (Å²) in [7, 11) is -4.00. The zero-order chi connectivity index (χ0) is 19.7. The normalized spacial score (nSPS) is 28.0. The van der Waals surface area contributed by atoms with Gasteiger partial charge in [-0.15, -0.1) is 0 Å². The molecule has 2 unspecified atom stereocenters. The van der Waals surface area contributed by atoms with Gasteiger partial charge in [0, 0.05) is 19.7 Å². The van der Waals surface area contributed by atoms with E-state index in [0.717, 1.165) is 5.56 Å². The van der Waals surface area contributed by atoms with E-state index in [1.54, 1.807) is 6.07 Å². The van der Waals surface area contributed by atoms with Crippen molar-refractivity contribution in [2.45, 2.75) is 36.0 Å². The van der Waals surface area contributed by atoms with E-state index in [-0.39, 0.29) is 37.9 Å². The number of nitrogens with one attached hydrogen (secondary N) is 1. The van der Waals surface area contributed by atoms with E-state index in [1.165, 1.54) is 21.9 Å². The fourth-order valence-electron chi connectivity index (χ4n) is 3.84. The fourth-order valence-corrected chi connectivity index (χ4v) is 5.98. The lowest BCUT2D eigenvalue weighted by molar-refractivity contribution is -0.161. The minimum Gasteiger partial charge on any atom is -0.378 e. The minimum absolute atomic E-state index is 0.0430. The Balaban J connectivity index is 1.75. The molecule has 150 valence electrons. The minimum atomic E-state index is -4.00. The van der Waals surface area contributed by atoms with Crippen LogP contribution in [-0.4, -0.2) is 66.1 Å². The molecule has 2 fully saturated rings. The van der Waals surface area contributed by atoms with Crippen molar-refractivity contribution in [1.82, 2.24) is 9.79 Å². The molecule has 0 saturated carbocycles. The van der Waals surface area contributed by atoms with Crippen LogP contribution in [0.3, 0.4) is 0 Å². The molecule has 27 heavy (non-hydrogen) atoms. The van der Waals surface area contributed by atoms with Gasteiger partial charge in [0.25, 0.3) is 5.91 Å². The molecule has 2 atom stereocenters. The molecule has 2 aliphatic rings. The maximum absolute atomic E-state index is 13.4. The standard InChI is InChI=1S/C17H23FN2O6S/c18-14-3-1-2-13(10-14)12-4-7-20(8-5-12)27(24,25)15-6-9-26-11-17(15,22)16(21)19-23/h1-3,10,12,15,22-23H,4-9,11H2,(H,19,21). The van der Waals surface area contributed by atoms with Crippen LogP contribution in [0.5, 0.6) is 0 Å². The molecule has 2 saturated heterocycles. The number of rotatable bonds is 4. The lowest BCUT2D eigenvalue weighted by Crippen LogP contribution is -2.64. The van der Waals surface area contributed by atoms with Gasteiger partial charge in [-0.2, -0.15) is 0 Å². The molecule has 0 aromatic heterocycles. The van der Waals surface area contributed by atoms with Gasteiger partial charge in [0.05, 0.1) is 6.61 Å². The van der Waals surface area contributed by atoms with E-state index in [2.05, 4.69) is 0 Å². The van der Waals surface area contributed by atoms with Crippen molar-refractivity contribution in [3.05, 3.63) is 35.6 Å². The Hall–Kier alpha value is -1.59. The van der Waals surface area contributed by atoms with Crippen LogP contribution in [-0.2, 0) is 19.6 Å². The van der Waals surface area contributed by atoms with Gasteiger partial charge in [-0.1, -0.05) is 12.1 Å². The summed E-state index contributed by atoms with van der Waals surface area (Å²) in [6.45, 7) is -0.0108. The van der Waals surface area contributed by atoms with E-state index in [4.69, 9.17) is 9.94 Å². The molecular weight excluding hydrogens is 379 g/mol. The first-order valence-electron chi connectivity index (χ1n) is 8.78. The Morgan fingerprint density at radius 3 is 2.63 bits per heavy atom. The molecular formula is C17H23FN2O6S. The third-order valence-electron chi connectivity index (χ3n) is 5.37. The molecule has 3 rings (SSSR count). The highest BCUT2D eigenvalue weighted by Gasteiger charge is 2.54. The SMILES string of the molecule is O=C(NO)C1(O)COCCC1S(=O)(=O)N1CCC(c2cccc(F)c2)CC1. The van der Waals surface area contributed by atoms with Crippen LogP contribution in [0.25, 0.3) is 0 Å². The average molecular weight is 402 g/mol. The van der Waals surface area contributed by atoms with Crippen LogP contribution in [0.1, 0.15) is 30.7 Å². The van der Waals surface area contributed by atoms with Crippen LogP contribution < -0.4 is 5.48 Å². The van der Waals surface area contributed by atoms with Crippen LogP contribution in [0, 0.1) is 5.82 Å². The van der Waals surface area contributed by atoms with Crippen LogP contribution in [0.15, 0.2) is 24.3 Å². The average Bonchev–Trinajstić information content (AvgIpc) is 2.67. The Kier molecular flexibility index (Phi) is 5.82. The van der Waals surface area contributed by atoms with Gasteiger partial charge in [0.2, 0.25) is 10.0 Å². The smallest absolute Gasteiger partial charge is 0.279 e. The molecule has 1 aromatic carbocycles. The first-order valence-corrected chi connectivity index (χ1v) is 10.3. The molecule has 10 heteroatoms. The second kappa shape index (κ2) is 7.80. The van der Waals surface area contributed by atoms with E-state index in [9.17, 15) is 22.7 Å². The maximum atomic E-state index is 13.4. The molecule has 3 N–H and O–H groups in total. The Bertz CT molecular complexity index is 796. The van der Waals surface area contributed by atoms with E-state index >= 15 is 0 Å². The van der Waals surface area contributed by atoms with Gasteiger partial charge in [-0.05, 0) is 42.9 Å². The summed E-state index contributed by atoms with van der Waals surface area (Å²) in [5.74, 6) is -1.49. The molecule has 0 spiro atoms. The number of ether oxygens (including phenoxy) is 1. The fraction of sp³-hybridized carbons (Fsp3) is 0.588. The maximum Gasteiger partial charge on any atom is 0.279 e. The monoisotopic (exact) mass is 402 g/mol. The molecule has 2 heterocycles. The Morgan fingerprint density at radius 2 is 2.00 bits per heavy atom. The van der Waals surface area contributed by atoms with Crippen molar-refractivity contribution in [1.29, 1.82) is 0 Å². The number of hydroxylamine groups is 1. The quantitative estimate of drug-likeness (QED) is 0.495. The van der Waals surface area contributed by atoms with Crippen molar-refractivity contribution in [3.8, 4) is 0 Å². The molecule has 2 aliphatic heterocycles. The summed E-state index contributed by atoms with van der Waals surface area (Å²) in [6.07, 6.45) is 0.961. The largest absolute Gasteiger partial charge is 0.378 e. The summed E-state index contributed by atoms with van der Waals surface area (Å²) in [4.78, 5) is 11.9. The lowest BCUT2D eigenvalue weighted by Gasteiger charge is -2.41. The summed E-state index contributed by atoms with van der Waals surface area (Å²) >= 11 is 0. The highest BCUT2D eigenvalue weighted by molar-refractivity contribution is 7.89. The molecule has 1 amide bonds. The van der Waals surface area contributed by atoms with Crippen molar-refractivity contribution in [2.24, 2.45) is 0 Å². The first kappa shape index (κ1) is 20.2. The number of amides is 1. The summed E-state index contributed by atoms with van der Waals surface area (Å²) in [5.41, 5.74) is -0.201. The van der Waals surface area contributed by atoms with Gasteiger partial charge < -0.3 is 9.84 Å². The van der Waals surface area contributed by atoms with Crippen LogP contribution >= 0.6 is 0 Å². The lowest BCUT2D eigenvalue weighted by atomic mass is 9.90. The molecule has 8 nitrogen and oxygen atoms in total. The number of hydrogen-bond acceptors (Lipinski definition) is 6. The van der Waals surface area contributed by atoms with E-state index < -0.39 is 33.4 Å². The number of nitrogens with zero attached hydrogens (tertiary/aromatic N) is 1. The highest BCUT2D eigenvalue weighted by Crippen LogP contribution is 2.34. The summed E-state index contributed by atoms with van der Waals surface area (Å²) in [5, 5.41) is 18.1. The number of hydrogen-bond donors (Lipinski definition) is 3. The number of carbonyl (C=O) groups is 1. The van der Waals surface area contributed by atoms with Crippen LogP contribution in [0.2, 0.25) is 0 Å². The molecule has 0 radical (unpaired) electrons. The van der Waals surface area contributed by atoms with Gasteiger partial charge in [-0.25, -0.2) is 22.6 Å². The number of carbonyl (C=O) groups excluding carboxylic acids is 1. The zero-order valence-electron chi connectivity index (χ0n) is 14.7. The highest BCUT2D eigenvalue weighted by atomic mass is 32.2. The predicted octanol–water partition coefficient (Wildman–Crippen LogP) is 0.360. The molecule has 0 aliphatic carbocycles. The first-order chi connectivity index (χ1) is 12.8. The van der Waals surface area contributed by atoms with E-state index in [0.29, 0.717) is 12.8 Å². The van der Waals surface area contributed by atoms with Gasteiger partial charge >= 0.3 is 0 Å². The second-order valence-electron chi connectivity index (χ2n) is 6.97. The zero-order valence-corrected chi connectivity index (χ0v) is 15.5. The number of halogens is 1. The summed E-state index contributed by atoms with van der Waals surface area (Å²) < 4.78 is 45.9. The van der Waals surface area contributed by atoms with Crippen molar-refractivity contribution in [2.75, 3.05) is 26.3 Å². The molecule has 0 bridgehead atoms. The number of piperidine rings is 1. The number of benzene rings is 1. The number of sulfonamides is 1. The molecule has 1 aromatic rings. The van der Waals surface area contributed by atoms with E-state index in [1.807, 2.05) is 6.07 Å².